The fourth-order valence-corrected chi connectivity index (χ4v) is 3.99. The number of aromatic nitrogens is 2. The molecule has 1 aliphatic heterocycles. The molecule has 2 heterocycles. The monoisotopic (exact) mass is 424 g/mol. The van der Waals surface area contributed by atoms with Crippen LogP contribution in [-0.4, -0.2) is 34.0 Å². The van der Waals surface area contributed by atoms with E-state index in [0.717, 1.165) is 32.5 Å². The van der Waals surface area contributed by atoms with E-state index < -0.39 is 0 Å². The Kier molecular flexibility index (Phi) is 6.45. The number of piperidine rings is 1. The van der Waals surface area contributed by atoms with Crippen molar-refractivity contribution < 1.29 is 9.32 Å². The van der Waals surface area contributed by atoms with Crippen LogP contribution in [0.3, 0.4) is 0 Å². The number of carbonyl (C=O) groups excluding carboxylic acids is 1. The Labute approximate surface area is 181 Å². The van der Waals surface area contributed by atoms with Gasteiger partial charge in [0.25, 0.3) is 0 Å². The van der Waals surface area contributed by atoms with Crippen molar-refractivity contribution in [1.82, 2.24) is 20.4 Å². The molecule has 6 nitrogen and oxygen atoms in total. The average Bonchev–Trinajstić information content (AvgIpc) is 3.23. The Balaban J connectivity index is 1.26. The third kappa shape index (κ3) is 4.89. The van der Waals surface area contributed by atoms with E-state index in [9.17, 15) is 4.79 Å². The van der Waals surface area contributed by atoms with Gasteiger partial charge in [0.15, 0.2) is 0 Å². The molecule has 156 valence electrons. The summed E-state index contributed by atoms with van der Waals surface area (Å²) in [5.74, 6) is 0.858. The summed E-state index contributed by atoms with van der Waals surface area (Å²) in [4.78, 5) is 19.3. The molecule has 1 aromatic heterocycles. The van der Waals surface area contributed by atoms with E-state index in [1.54, 1.807) is 6.07 Å². The van der Waals surface area contributed by atoms with E-state index in [4.69, 9.17) is 16.1 Å². The van der Waals surface area contributed by atoms with Gasteiger partial charge in [0, 0.05) is 18.0 Å². The maximum Gasteiger partial charge on any atom is 0.246 e. The molecule has 0 saturated carbocycles. The maximum absolute atomic E-state index is 12.6. The van der Waals surface area contributed by atoms with Gasteiger partial charge in [-0.3, -0.25) is 9.69 Å². The zero-order chi connectivity index (χ0) is 20.9. The largest absolute Gasteiger partial charge is 0.347 e. The van der Waals surface area contributed by atoms with E-state index in [1.807, 2.05) is 18.2 Å². The first-order valence-corrected chi connectivity index (χ1v) is 10.6. The van der Waals surface area contributed by atoms with Crippen molar-refractivity contribution in [2.75, 3.05) is 13.1 Å². The predicted octanol–water partition coefficient (Wildman–Crippen LogP) is 4.23. The van der Waals surface area contributed by atoms with Crippen LogP contribution < -0.4 is 5.32 Å². The van der Waals surface area contributed by atoms with Crippen molar-refractivity contribution in [3.05, 3.63) is 70.6 Å². The van der Waals surface area contributed by atoms with Crippen molar-refractivity contribution in [2.24, 2.45) is 5.92 Å². The summed E-state index contributed by atoms with van der Waals surface area (Å²) in [5.41, 5.74) is 3.38. The lowest BCUT2D eigenvalue weighted by Crippen LogP contribution is -2.40. The van der Waals surface area contributed by atoms with Crippen LogP contribution in [0.1, 0.15) is 29.9 Å². The molecule has 4 rings (SSSR count). The van der Waals surface area contributed by atoms with Crippen LogP contribution >= 0.6 is 11.6 Å². The van der Waals surface area contributed by atoms with Gasteiger partial charge >= 0.3 is 0 Å². The van der Waals surface area contributed by atoms with Crippen LogP contribution in [-0.2, 0) is 17.9 Å². The smallest absolute Gasteiger partial charge is 0.246 e. The first-order chi connectivity index (χ1) is 14.6. The van der Waals surface area contributed by atoms with Gasteiger partial charge in [-0.05, 0) is 56.1 Å². The van der Waals surface area contributed by atoms with E-state index in [-0.39, 0.29) is 18.4 Å². The standard InChI is InChI=1S/C23H25ClN4O2/c1-16-6-2-3-7-18(16)15-28-12-10-17(11-13-28)23(29)25-14-21-26-22(27-30-21)19-8-4-5-9-20(19)24/h2-9,17H,10-15H2,1H3,(H,25,29). The molecule has 1 aliphatic rings. The molecule has 0 unspecified atom stereocenters. The molecule has 3 aromatic rings. The number of nitrogens with one attached hydrogen (secondary N) is 1. The molecule has 0 radical (unpaired) electrons. The number of benzene rings is 2. The highest BCUT2D eigenvalue weighted by Crippen LogP contribution is 2.25. The summed E-state index contributed by atoms with van der Waals surface area (Å²) < 4.78 is 5.26. The van der Waals surface area contributed by atoms with Crippen molar-refractivity contribution in [1.29, 1.82) is 0 Å². The SMILES string of the molecule is Cc1ccccc1CN1CCC(C(=O)NCc2nc(-c3ccccc3Cl)no2)CC1. The highest BCUT2D eigenvalue weighted by molar-refractivity contribution is 6.33. The second-order valence-corrected chi connectivity index (χ2v) is 8.09. The van der Waals surface area contributed by atoms with E-state index in [2.05, 4.69) is 51.5 Å². The van der Waals surface area contributed by atoms with Gasteiger partial charge in [0.05, 0.1) is 11.6 Å². The Bertz CT molecular complexity index is 1010. The first kappa shape index (κ1) is 20.6. The molecular formula is C23H25ClN4O2. The van der Waals surface area contributed by atoms with Crippen LogP contribution in [0, 0.1) is 12.8 Å². The van der Waals surface area contributed by atoms with Crippen LogP contribution in [0.5, 0.6) is 0 Å². The number of rotatable bonds is 6. The number of nitrogens with zero attached hydrogens (tertiary/aromatic N) is 3. The van der Waals surface area contributed by atoms with Gasteiger partial charge in [0.1, 0.15) is 0 Å². The van der Waals surface area contributed by atoms with Crippen LogP contribution in [0.2, 0.25) is 5.02 Å². The summed E-state index contributed by atoms with van der Waals surface area (Å²) in [6, 6.07) is 15.8. The van der Waals surface area contributed by atoms with Gasteiger partial charge in [-0.15, -0.1) is 0 Å². The number of hydrogen-bond acceptors (Lipinski definition) is 5. The number of aryl methyl sites for hydroxylation is 1. The van der Waals surface area contributed by atoms with Crippen molar-refractivity contribution in [3.63, 3.8) is 0 Å². The van der Waals surface area contributed by atoms with Crippen LogP contribution in [0.15, 0.2) is 53.1 Å². The summed E-state index contributed by atoms with van der Waals surface area (Å²) in [7, 11) is 0. The molecule has 7 heteroatoms. The van der Waals surface area contributed by atoms with E-state index in [1.165, 1.54) is 11.1 Å². The number of carbonyl (C=O) groups is 1. The zero-order valence-electron chi connectivity index (χ0n) is 17.0. The molecule has 1 N–H and O–H groups in total. The third-order valence-electron chi connectivity index (χ3n) is 5.61. The quantitative estimate of drug-likeness (QED) is 0.641. The molecule has 1 fully saturated rings. The molecule has 1 saturated heterocycles. The van der Waals surface area contributed by atoms with E-state index >= 15 is 0 Å². The third-order valence-corrected chi connectivity index (χ3v) is 5.94. The van der Waals surface area contributed by atoms with Crippen LogP contribution in [0.4, 0.5) is 0 Å². The molecular weight excluding hydrogens is 400 g/mol. The highest BCUT2D eigenvalue weighted by atomic mass is 35.5. The summed E-state index contributed by atoms with van der Waals surface area (Å²) >= 11 is 6.17. The minimum atomic E-state index is 0.0177. The zero-order valence-corrected chi connectivity index (χ0v) is 17.7. The second-order valence-electron chi connectivity index (χ2n) is 7.69. The number of likely N-dealkylation sites (tertiary alicyclic amines) is 1. The Hall–Kier alpha value is -2.70. The van der Waals surface area contributed by atoms with Gasteiger partial charge in [-0.2, -0.15) is 4.98 Å². The topological polar surface area (TPSA) is 71.3 Å². The van der Waals surface area contributed by atoms with Crippen molar-refractivity contribution in [2.45, 2.75) is 32.9 Å². The summed E-state index contributed by atoms with van der Waals surface area (Å²) in [6.45, 7) is 5.14. The van der Waals surface area contributed by atoms with Gasteiger partial charge in [-0.1, -0.05) is 53.2 Å². The van der Waals surface area contributed by atoms with Crippen LogP contribution in [0.25, 0.3) is 11.4 Å². The molecule has 0 atom stereocenters. The number of hydrogen-bond donors (Lipinski definition) is 1. The first-order valence-electron chi connectivity index (χ1n) is 10.2. The van der Waals surface area contributed by atoms with Crippen molar-refractivity contribution >= 4 is 17.5 Å². The summed E-state index contributed by atoms with van der Waals surface area (Å²) in [6.07, 6.45) is 1.71. The Morgan fingerprint density at radius 1 is 1.17 bits per heavy atom. The molecule has 0 bridgehead atoms. The highest BCUT2D eigenvalue weighted by Gasteiger charge is 2.25. The number of halogens is 1. The Morgan fingerprint density at radius 3 is 2.67 bits per heavy atom. The minimum Gasteiger partial charge on any atom is -0.347 e. The molecule has 2 aromatic carbocycles. The lowest BCUT2D eigenvalue weighted by Gasteiger charge is -2.31. The molecule has 0 spiro atoms. The maximum atomic E-state index is 12.6. The fraction of sp³-hybridized carbons (Fsp3) is 0.348. The fourth-order valence-electron chi connectivity index (χ4n) is 3.77. The van der Waals surface area contributed by atoms with Gasteiger partial charge in [-0.25, -0.2) is 0 Å². The number of amides is 1. The van der Waals surface area contributed by atoms with Crippen molar-refractivity contribution in [3.8, 4) is 11.4 Å². The molecule has 30 heavy (non-hydrogen) atoms. The lowest BCUT2D eigenvalue weighted by molar-refractivity contribution is -0.126. The van der Waals surface area contributed by atoms with Gasteiger partial charge in [0.2, 0.25) is 17.6 Å². The molecule has 0 aliphatic carbocycles. The van der Waals surface area contributed by atoms with E-state index in [0.29, 0.717) is 22.3 Å². The average molecular weight is 425 g/mol. The molecule has 1 amide bonds. The predicted molar refractivity (Wildman–Crippen MR) is 116 cm³/mol. The van der Waals surface area contributed by atoms with Gasteiger partial charge < -0.3 is 9.84 Å². The summed E-state index contributed by atoms with van der Waals surface area (Å²) in [5, 5.41) is 7.46. The normalized spacial score (nSPS) is 15.3. The lowest BCUT2D eigenvalue weighted by atomic mass is 9.95. The minimum absolute atomic E-state index is 0.0177. The second kappa shape index (κ2) is 9.41. The Morgan fingerprint density at radius 2 is 1.90 bits per heavy atom.